The molecule has 0 aliphatic carbocycles. The summed E-state index contributed by atoms with van der Waals surface area (Å²) in [5, 5.41) is 0. The molecular weight excluding hydrogens is 594 g/mol. The molecule has 0 fully saturated rings. The SMILES string of the molecule is Cc1cc(C(C)(C)C)ccc1OPOc1cc(C(C)(C)C)c(OPOc2ccc(C(C)(C)C)cc2C(C)(C)C)cc1CC(C)C. The standard InChI is InChI=1S/C39H58O4P2/c1-25(2)20-27-22-35(43-45-41-33-19-17-29(37(7,8)9)23-30(33)38(10,11)12)31(39(13,14)15)24-34(27)42-44-40-32-18-16-28(21-26(32)3)36(4,5)6/h16-19,21-25,44-45H,20H2,1-15H3. The Labute approximate surface area is 278 Å². The highest BCUT2D eigenvalue weighted by Gasteiger charge is 2.26. The summed E-state index contributed by atoms with van der Waals surface area (Å²) in [4.78, 5) is 0. The summed E-state index contributed by atoms with van der Waals surface area (Å²) >= 11 is 0. The number of aryl methyl sites for hydroxylation is 1. The normalized spacial score (nSPS) is 13.3. The van der Waals surface area contributed by atoms with Crippen molar-refractivity contribution in [2.24, 2.45) is 5.92 Å². The first-order valence-corrected chi connectivity index (χ1v) is 17.8. The van der Waals surface area contributed by atoms with Crippen LogP contribution < -0.4 is 18.1 Å². The summed E-state index contributed by atoms with van der Waals surface area (Å²) in [6.07, 6.45) is 0.867. The molecule has 0 aromatic heterocycles. The molecule has 3 aromatic carbocycles. The zero-order chi connectivity index (χ0) is 34.0. The molecule has 0 heterocycles. The highest BCUT2D eigenvalue weighted by molar-refractivity contribution is 7.27. The van der Waals surface area contributed by atoms with Crippen molar-refractivity contribution in [3.05, 3.63) is 81.9 Å². The van der Waals surface area contributed by atoms with Crippen LogP contribution in [0, 0.1) is 12.8 Å². The molecule has 45 heavy (non-hydrogen) atoms. The molecule has 0 radical (unpaired) electrons. The summed E-state index contributed by atoms with van der Waals surface area (Å²) in [6, 6.07) is 17.3. The van der Waals surface area contributed by atoms with E-state index < -0.39 is 0 Å². The Balaban J connectivity index is 1.86. The van der Waals surface area contributed by atoms with Gasteiger partial charge in [-0.05, 0) is 87.4 Å². The van der Waals surface area contributed by atoms with E-state index in [1.807, 2.05) is 0 Å². The van der Waals surface area contributed by atoms with Crippen molar-refractivity contribution in [3.63, 3.8) is 0 Å². The van der Waals surface area contributed by atoms with Gasteiger partial charge in [0.1, 0.15) is 23.0 Å². The zero-order valence-corrected chi connectivity index (χ0v) is 32.5. The third kappa shape index (κ3) is 10.4. The van der Waals surface area contributed by atoms with E-state index in [1.165, 1.54) is 16.7 Å². The van der Waals surface area contributed by atoms with Crippen molar-refractivity contribution in [3.8, 4) is 23.0 Å². The van der Waals surface area contributed by atoms with Crippen molar-refractivity contribution < 1.29 is 18.1 Å². The molecule has 3 rings (SSSR count). The number of hydrogen-bond acceptors (Lipinski definition) is 4. The third-order valence-corrected chi connectivity index (χ3v) is 9.11. The number of hydrogen-bond donors (Lipinski definition) is 0. The average molecular weight is 653 g/mol. The second-order valence-corrected chi connectivity index (χ2v) is 18.0. The van der Waals surface area contributed by atoms with Gasteiger partial charge in [0.25, 0.3) is 18.1 Å². The van der Waals surface area contributed by atoms with Crippen molar-refractivity contribution >= 4 is 18.1 Å². The molecule has 2 atom stereocenters. The van der Waals surface area contributed by atoms with E-state index in [4.69, 9.17) is 18.1 Å². The van der Waals surface area contributed by atoms with E-state index in [1.54, 1.807) is 0 Å². The fourth-order valence-electron chi connectivity index (χ4n) is 5.09. The van der Waals surface area contributed by atoms with Gasteiger partial charge in [-0.15, -0.1) is 0 Å². The van der Waals surface area contributed by atoms with Crippen molar-refractivity contribution in [1.29, 1.82) is 0 Å². The molecule has 2 unspecified atom stereocenters. The van der Waals surface area contributed by atoms with Crippen molar-refractivity contribution in [2.45, 2.75) is 132 Å². The molecule has 0 N–H and O–H groups in total. The molecule has 4 nitrogen and oxygen atoms in total. The van der Waals surface area contributed by atoms with E-state index in [0.717, 1.165) is 46.1 Å². The molecule has 248 valence electrons. The van der Waals surface area contributed by atoms with Crippen molar-refractivity contribution in [1.82, 2.24) is 0 Å². The van der Waals surface area contributed by atoms with Crippen LogP contribution in [-0.2, 0) is 28.1 Å². The maximum absolute atomic E-state index is 6.46. The first kappa shape index (κ1) is 37.2. The highest BCUT2D eigenvalue weighted by atomic mass is 31.1. The minimum absolute atomic E-state index is 0.0584. The monoisotopic (exact) mass is 652 g/mol. The van der Waals surface area contributed by atoms with Gasteiger partial charge >= 0.3 is 0 Å². The smallest absolute Gasteiger partial charge is 0.275 e. The van der Waals surface area contributed by atoms with Gasteiger partial charge in [0.05, 0.1) is 0 Å². The topological polar surface area (TPSA) is 36.9 Å². The van der Waals surface area contributed by atoms with Crippen LogP contribution in [-0.4, -0.2) is 0 Å². The van der Waals surface area contributed by atoms with Gasteiger partial charge in [0, 0.05) is 11.1 Å². The molecule has 6 heteroatoms. The quantitative estimate of drug-likeness (QED) is 0.204. The van der Waals surface area contributed by atoms with Crippen LogP contribution in [0.1, 0.15) is 130 Å². The third-order valence-electron chi connectivity index (χ3n) is 7.90. The molecule has 0 aliphatic rings. The molecule has 3 aromatic rings. The maximum Gasteiger partial charge on any atom is 0.275 e. The second kappa shape index (κ2) is 14.2. The Morgan fingerprint density at radius 1 is 0.511 bits per heavy atom. The predicted octanol–water partition coefficient (Wildman–Crippen LogP) is 12.3. The van der Waals surface area contributed by atoms with Gasteiger partial charge in [-0.1, -0.05) is 121 Å². The fraction of sp³-hybridized carbons (Fsp3) is 0.538. The van der Waals surface area contributed by atoms with Crippen LogP contribution in [0.25, 0.3) is 0 Å². The Kier molecular flexibility index (Phi) is 11.8. The van der Waals surface area contributed by atoms with E-state index in [0.29, 0.717) is 5.92 Å². The highest BCUT2D eigenvalue weighted by Crippen LogP contribution is 2.43. The van der Waals surface area contributed by atoms with Crippen LogP contribution in [0.4, 0.5) is 0 Å². The minimum Gasteiger partial charge on any atom is -0.440 e. The molecule has 0 bridgehead atoms. The average Bonchev–Trinajstić information content (AvgIpc) is 2.88. The minimum atomic E-state index is -0.178. The molecular formula is C39H58O4P2. The summed E-state index contributed by atoms with van der Waals surface area (Å²) < 4.78 is 25.4. The summed E-state index contributed by atoms with van der Waals surface area (Å²) in [5.74, 6) is 3.86. The molecule has 0 spiro atoms. The van der Waals surface area contributed by atoms with Gasteiger partial charge in [0.15, 0.2) is 0 Å². The number of rotatable bonds is 10. The maximum atomic E-state index is 6.46. The lowest BCUT2D eigenvalue weighted by Crippen LogP contribution is -2.17. The van der Waals surface area contributed by atoms with Crippen LogP contribution in [0.2, 0.25) is 0 Å². The van der Waals surface area contributed by atoms with E-state index >= 15 is 0 Å². The van der Waals surface area contributed by atoms with E-state index in [-0.39, 0.29) is 39.7 Å². The number of benzene rings is 3. The first-order chi connectivity index (χ1) is 20.6. The predicted molar refractivity (Wildman–Crippen MR) is 197 cm³/mol. The van der Waals surface area contributed by atoms with Crippen LogP contribution in [0.15, 0.2) is 48.5 Å². The Morgan fingerprint density at radius 2 is 0.956 bits per heavy atom. The molecule has 0 saturated carbocycles. The summed E-state index contributed by atoms with van der Waals surface area (Å²) in [7, 11) is -0.336. The Bertz CT molecular complexity index is 1450. The molecule has 0 amide bonds. The van der Waals surface area contributed by atoms with Gasteiger partial charge in [0.2, 0.25) is 0 Å². The first-order valence-electron chi connectivity index (χ1n) is 16.2. The lowest BCUT2D eigenvalue weighted by atomic mass is 9.80. The Morgan fingerprint density at radius 3 is 1.44 bits per heavy atom. The zero-order valence-electron chi connectivity index (χ0n) is 30.5. The Hall–Kier alpha value is -2.28. The van der Waals surface area contributed by atoms with Crippen LogP contribution in [0.3, 0.4) is 0 Å². The van der Waals surface area contributed by atoms with Crippen LogP contribution in [0.5, 0.6) is 23.0 Å². The van der Waals surface area contributed by atoms with Gasteiger partial charge < -0.3 is 18.1 Å². The van der Waals surface area contributed by atoms with Gasteiger partial charge in [-0.2, -0.15) is 0 Å². The summed E-state index contributed by atoms with van der Waals surface area (Å²) in [6.45, 7) is 33.2. The fourth-order valence-corrected chi connectivity index (χ4v) is 6.30. The van der Waals surface area contributed by atoms with E-state index in [2.05, 4.69) is 152 Å². The molecule has 0 saturated heterocycles. The lowest BCUT2D eigenvalue weighted by Gasteiger charge is -2.27. The van der Waals surface area contributed by atoms with Gasteiger partial charge in [-0.3, -0.25) is 0 Å². The second-order valence-electron chi connectivity index (χ2n) is 16.8. The van der Waals surface area contributed by atoms with E-state index in [9.17, 15) is 0 Å². The van der Waals surface area contributed by atoms with Crippen LogP contribution >= 0.6 is 18.1 Å². The summed E-state index contributed by atoms with van der Waals surface area (Å²) in [5.41, 5.74) is 7.03. The van der Waals surface area contributed by atoms with Crippen molar-refractivity contribution in [2.75, 3.05) is 0 Å². The molecule has 0 aliphatic heterocycles. The van der Waals surface area contributed by atoms with Gasteiger partial charge in [-0.25, -0.2) is 0 Å². The largest absolute Gasteiger partial charge is 0.440 e. The lowest BCUT2D eigenvalue weighted by molar-refractivity contribution is 0.470.